The molecule has 1 aliphatic heterocycles. The summed E-state index contributed by atoms with van der Waals surface area (Å²) in [6.07, 6.45) is 0.170. The lowest BCUT2D eigenvalue weighted by Gasteiger charge is -2.20. The van der Waals surface area contributed by atoms with Gasteiger partial charge in [-0.2, -0.15) is 15.0 Å². The first kappa shape index (κ1) is 23.7. The van der Waals surface area contributed by atoms with E-state index in [9.17, 15) is 9.59 Å². The highest BCUT2D eigenvalue weighted by Gasteiger charge is 2.35. The molecule has 0 aliphatic carbocycles. The first-order chi connectivity index (χ1) is 16.2. The summed E-state index contributed by atoms with van der Waals surface area (Å²) < 4.78 is 10.9. The topological polar surface area (TPSA) is 122 Å². The van der Waals surface area contributed by atoms with Crippen molar-refractivity contribution >= 4 is 40.5 Å². The van der Waals surface area contributed by atoms with Crippen LogP contribution in [0.3, 0.4) is 0 Å². The van der Waals surface area contributed by atoms with Crippen LogP contribution in [0, 0.1) is 6.92 Å². The number of aromatic nitrogens is 4. The molecule has 10 nitrogen and oxygen atoms in total. The standard InChI is InChI=1S/C23H27ClN6O4/c1-6-15-10-33-23(32)30(15)22-27-13(5)26-21(29-22)25-12(4)16-7-14-8-17(24)19(34-11(2)3)9-18(14)28-20(16)31/h7-9,11-12,15H,6,10H2,1-5H3,(H,28,31)(H,25,26,27,29)/t12?,15-/m0/s1. The predicted molar refractivity (Wildman–Crippen MR) is 130 cm³/mol. The van der Waals surface area contributed by atoms with E-state index in [-0.39, 0.29) is 36.2 Å². The van der Waals surface area contributed by atoms with Gasteiger partial charge in [0.25, 0.3) is 5.56 Å². The van der Waals surface area contributed by atoms with Gasteiger partial charge in [0.15, 0.2) is 0 Å². The van der Waals surface area contributed by atoms with Crippen molar-refractivity contribution in [2.24, 2.45) is 0 Å². The minimum Gasteiger partial charge on any atom is -0.489 e. The van der Waals surface area contributed by atoms with Gasteiger partial charge in [-0.3, -0.25) is 4.79 Å². The zero-order valence-corrected chi connectivity index (χ0v) is 20.4. The summed E-state index contributed by atoms with van der Waals surface area (Å²) in [4.78, 5) is 42.5. The van der Waals surface area contributed by atoms with Crippen molar-refractivity contribution in [1.29, 1.82) is 0 Å². The van der Waals surface area contributed by atoms with Crippen molar-refractivity contribution in [3.8, 4) is 5.75 Å². The summed E-state index contributed by atoms with van der Waals surface area (Å²) in [6, 6.07) is 4.67. The molecule has 180 valence electrons. The molecule has 4 rings (SSSR count). The number of hydrogen-bond acceptors (Lipinski definition) is 8. The highest BCUT2D eigenvalue weighted by molar-refractivity contribution is 6.32. The molecule has 1 fully saturated rings. The number of aryl methyl sites for hydroxylation is 1. The molecular weight excluding hydrogens is 460 g/mol. The number of aromatic amines is 1. The first-order valence-corrected chi connectivity index (χ1v) is 11.5. The van der Waals surface area contributed by atoms with Gasteiger partial charge >= 0.3 is 6.09 Å². The number of ether oxygens (including phenoxy) is 2. The van der Waals surface area contributed by atoms with Gasteiger partial charge in [-0.1, -0.05) is 18.5 Å². The van der Waals surface area contributed by atoms with Crippen LogP contribution in [0.5, 0.6) is 5.75 Å². The third-order valence-corrected chi connectivity index (χ3v) is 5.78. The summed E-state index contributed by atoms with van der Waals surface area (Å²) in [5, 5.41) is 4.37. The normalized spacial score (nSPS) is 16.7. The zero-order valence-electron chi connectivity index (χ0n) is 19.7. The maximum atomic E-state index is 12.9. The molecule has 2 atom stereocenters. The molecule has 1 amide bonds. The van der Waals surface area contributed by atoms with E-state index in [4.69, 9.17) is 21.1 Å². The van der Waals surface area contributed by atoms with E-state index < -0.39 is 12.1 Å². The minimum atomic E-state index is -0.486. The second kappa shape index (κ2) is 9.46. The SMILES string of the molecule is CC[C@H]1COC(=O)N1c1nc(C)nc(NC(C)c2cc3cc(Cl)c(OC(C)C)cc3[nH]c2=O)n1. The van der Waals surface area contributed by atoms with Crippen molar-refractivity contribution in [2.45, 2.75) is 59.2 Å². The van der Waals surface area contributed by atoms with E-state index in [0.717, 1.165) is 5.39 Å². The van der Waals surface area contributed by atoms with Gasteiger partial charge in [-0.05, 0) is 46.2 Å². The van der Waals surface area contributed by atoms with Gasteiger partial charge in [0.1, 0.15) is 18.2 Å². The summed E-state index contributed by atoms with van der Waals surface area (Å²) in [5.41, 5.74) is 0.843. The Labute approximate surface area is 201 Å². The number of fused-ring (bicyclic) bond motifs is 1. The van der Waals surface area contributed by atoms with Crippen LogP contribution in [0.4, 0.5) is 16.7 Å². The molecule has 34 heavy (non-hydrogen) atoms. The number of carbonyl (C=O) groups is 1. The Morgan fingerprint density at radius 3 is 2.71 bits per heavy atom. The molecule has 3 aromatic rings. The molecule has 1 unspecified atom stereocenters. The average molecular weight is 487 g/mol. The van der Waals surface area contributed by atoms with Crippen LogP contribution < -0.4 is 20.5 Å². The lowest BCUT2D eigenvalue weighted by molar-refractivity contribution is 0.178. The van der Waals surface area contributed by atoms with Gasteiger partial charge in [0, 0.05) is 17.0 Å². The number of cyclic esters (lactones) is 1. The van der Waals surface area contributed by atoms with E-state index in [1.54, 1.807) is 25.1 Å². The second-order valence-corrected chi connectivity index (χ2v) is 8.88. The Balaban J connectivity index is 1.63. The maximum absolute atomic E-state index is 12.9. The zero-order chi connectivity index (χ0) is 24.6. The molecule has 2 aromatic heterocycles. The quantitative estimate of drug-likeness (QED) is 0.504. The summed E-state index contributed by atoms with van der Waals surface area (Å²) in [7, 11) is 0. The number of halogens is 1. The van der Waals surface area contributed by atoms with E-state index in [1.807, 2.05) is 27.7 Å². The summed E-state index contributed by atoms with van der Waals surface area (Å²) >= 11 is 6.38. The largest absolute Gasteiger partial charge is 0.489 e. The van der Waals surface area contributed by atoms with Crippen molar-refractivity contribution in [1.82, 2.24) is 19.9 Å². The molecule has 11 heteroatoms. The van der Waals surface area contributed by atoms with E-state index >= 15 is 0 Å². The lowest BCUT2D eigenvalue weighted by atomic mass is 10.1. The summed E-state index contributed by atoms with van der Waals surface area (Å²) in [6.45, 7) is 9.60. The summed E-state index contributed by atoms with van der Waals surface area (Å²) in [5.74, 6) is 1.42. The highest BCUT2D eigenvalue weighted by Crippen LogP contribution is 2.31. The van der Waals surface area contributed by atoms with E-state index in [1.165, 1.54) is 4.90 Å². The molecule has 1 aromatic carbocycles. The van der Waals surface area contributed by atoms with Crippen LogP contribution in [-0.4, -0.2) is 44.8 Å². The van der Waals surface area contributed by atoms with Crippen LogP contribution in [0.2, 0.25) is 5.02 Å². The van der Waals surface area contributed by atoms with Crippen molar-refractivity contribution in [3.63, 3.8) is 0 Å². The number of rotatable bonds is 7. The molecule has 3 heterocycles. The Morgan fingerprint density at radius 2 is 2.00 bits per heavy atom. The van der Waals surface area contributed by atoms with Crippen LogP contribution in [0.1, 0.15) is 51.5 Å². The van der Waals surface area contributed by atoms with Gasteiger partial charge in [0.05, 0.1) is 28.7 Å². The van der Waals surface area contributed by atoms with Crippen LogP contribution in [-0.2, 0) is 4.74 Å². The van der Waals surface area contributed by atoms with Gasteiger partial charge in [-0.15, -0.1) is 0 Å². The average Bonchev–Trinajstić information content (AvgIpc) is 3.14. The molecule has 0 radical (unpaired) electrons. The molecule has 1 saturated heterocycles. The fourth-order valence-corrected chi connectivity index (χ4v) is 4.02. The Bertz CT molecular complexity index is 1290. The number of nitrogens with zero attached hydrogens (tertiary/aromatic N) is 4. The number of nitrogens with one attached hydrogen (secondary N) is 2. The van der Waals surface area contributed by atoms with Crippen LogP contribution in [0.15, 0.2) is 23.0 Å². The van der Waals surface area contributed by atoms with Crippen molar-refractivity contribution in [2.75, 3.05) is 16.8 Å². The van der Waals surface area contributed by atoms with E-state index in [2.05, 4.69) is 25.3 Å². The number of pyridine rings is 1. The fourth-order valence-electron chi connectivity index (χ4n) is 3.81. The number of anilines is 2. The number of amides is 1. The van der Waals surface area contributed by atoms with Crippen LogP contribution in [0.25, 0.3) is 10.9 Å². The Morgan fingerprint density at radius 1 is 1.24 bits per heavy atom. The molecule has 2 N–H and O–H groups in total. The number of carbonyl (C=O) groups excluding carboxylic acids is 1. The van der Waals surface area contributed by atoms with Gasteiger partial charge in [-0.25, -0.2) is 9.69 Å². The smallest absolute Gasteiger partial charge is 0.417 e. The van der Waals surface area contributed by atoms with Gasteiger partial charge in [0.2, 0.25) is 11.9 Å². The molecule has 1 aliphatic rings. The van der Waals surface area contributed by atoms with E-state index in [0.29, 0.717) is 34.1 Å². The van der Waals surface area contributed by atoms with Crippen LogP contribution >= 0.6 is 11.6 Å². The predicted octanol–water partition coefficient (Wildman–Crippen LogP) is 4.37. The first-order valence-electron chi connectivity index (χ1n) is 11.1. The highest BCUT2D eigenvalue weighted by atomic mass is 35.5. The number of hydrogen-bond donors (Lipinski definition) is 2. The van der Waals surface area contributed by atoms with Gasteiger partial charge < -0.3 is 19.8 Å². The monoisotopic (exact) mass is 486 g/mol. The van der Waals surface area contributed by atoms with Crippen molar-refractivity contribution in [3.05, 3.63) is 45.0 Å². The number of benzene rings is 1. The second-order valence-electron chi connectivity index (χ2n) is 8.47. The lowest BCUT2D eigenvalue weighted by Crippen LogP contribution is -2.35. The molecule has 0 saturated carbocycles. The molecule has 0 spiro atoms. The Hall–Kier alpha value is -3.40. The number of H-pyrrole nitrogens is 1. The third kappa shape index (κ3) is 4.77. The molecule has 0 bridgehead atoms. The minimum absolute atomic E-state index is 0.0473. The maximum Gasteiger partial charge on any atom is 0.417 e. The van der Waals surface area contributed by atoms with Crippen molar-refractivity contribution < 1.29 is 14.3 Å². The fraction of sp³-hybridized carbons (Fsp3) is 0.435. The Kier molecular flexibility index (Phi) is 6.60. The third-order valence-electron chi connectivity index (χ3n) is 5.48. The molecular formula is C23H27ClN6O4.